The molecule has 34 heavy (non-hydrogen) atoms. The summed E-state index contributed by atoms with van der Waals surface area (Å²) in [6.45, 7) is 2.81. The normalized spacial score (nSPS) is 18.5. The van der Waals surface area contributed by atoms with Gasteiger partial charge in [-0.25, -0.2) is 16.8 Å². The van der Waals surface area contributed by atoms with Gasteiger partial charge >= 0.3 is 0 Å². The first-order chi connectivity index (χ1) is 16.3. The molecule has 2 heterocycles. The summed E-state index contributed by atoms with van der Waals surface area (Å²) < 4.78 is 63.7. The Hall–Kier alpha value is -2.35. The van der Waals surface area contributed by atoms with Crippen molar-refractivity contribution in [1.29, 1.82) is 0 Å². The van der Waals surface area contributed by atoms with Crippen LogP contribution in [0.2, 0.25) is 0 Å². The summed E-state index contributed by atoms with van der Waals surface area (Å²) >= 11 is 0. The molecule has 10 nitrogen and oxygen atoms in total. The molecular weight excluding hydrogens is 482 g/mol. The Morgan fingerprint density at radius 2 is 1.29 bits per heavy atom. The molecule has 2 aliphatic heterocycles. The van der Waals surface area contributed by atoms with Crippen LogP contribution in [0.5, 0.6) is 0 Å². The van der Waals surface area contributed by atoms with Crippen LogP contribution >= 0.6 is 0 Å². The van der Waals surface area contributed by atoms with Gasteiger partial charge in [-0.05, 0) is 42.0 Å². The van der Waals surface area contributed by atoms with Gasteiger partial charge in [-0.2, -0.15) is 8.61 Å². The number of ether oxygens (including phenoxy) is 2. The fourth-order valence-electron chi connectivity index (χ4n) is 3.73. The molecule has 2 aromatic carbocycles. The number of hydrogen-bond acceptors (Lipinski definition) is 7. The summed E-state index contributed by atoms with van der Waals surface area (Å²) in [6, 6.07) is 12.4. The van der Waals surface area contributed by atoms with Crippen molar-refractivity contribution in [3.05, 3.63) is 59.7 Å². The van der Waals surface area contributed by atoms with Crippen molar-refractivity contribution in [1.82, 2.24) is 8.61 Å². The van der Waals surface area contributed by atoms with Crippen LogP contribution in [0.3, 0.4) is 0 Å². The van der Waals surface area contributed by atoms with Crippen molar-refractivity contribution in [2.24, 2.45) is 0 Å². The van der Waals surface area contributed by atoms with Crippen molar-refractivity contribution in [2.75, 3.05) is 57.9 Å². The zero-order valence-corrected chi connectivity index (χ0v) is 20.2. The summed E-state index contributed by atoms with van der Waals surface area (Å²) in [5, 5.41) is 2.73. The molecule has 1 N–H and O–H groups in total. The van der Waals surface area contributed by atoms with Crippen LogP contribution < -0.4 is 5.32 Å². The van der Waals surface area contributed by atoms with E-state index >= 15 is 0 Å². The molecule has 12 heteroatoms. The van der Waals surface area contributed by atoms with Crippen LogP contribution in [-0.2, 0) is 35.3 Å². The third-order valence-electron chi connectivity index (χ3n) is 5.65. The smallest absolute Gasteiger partial charge is 0.255 e. The van der Waals surface area contributed by atoms with E-state index in [9.17, 15) is 21.6 Å². The van der Waals surface area contributed by atoms with Crippen molar-refractivity contribution in [2.45, 2.75) is 10.6 Å². The summed E-state index contributed by atoms with van der Waals surface area (Å²) in [5.74, 6) is -0.528. The zero-order valence-electron chi connectivity index (χ0n) is 18.6. The maximum absolute atomic E-state index is 12.7. The second kappa shape index (κ2) is 10.5. The fourth-order valence-corrected chi connectivity index (χ4v) is 6.64. The maximum atomic E-state index is 12.7. The number of amides is 1. The SMILES string of the molecule is O=C(Nc1ccc(S(=O)(=O)N2CCOCC2)cc1)c1ccc(CS(=O)(=O)N2CCOCC2)cc1. The summed E-state index contributed by atoms with van der Waals surface area (Å²) in [5.41, 5.74) is 1.39. The maximum Gasteiger partial charge on any atom is 0.255 e. The van der Waals surface area contributed by atoms with Crippen LogP contribution in [0.1, 0.15) is 15.9 Å². The summed E-state index contributed by atoms with van der Waals surface area (Å²) in [6.07, 6.45) is 0. The fraction of sp³-hybridized carbons (Fsp3) is 0.409. The molecule has 1 amide bonds. The van der Waals surface area contributed by atoms with Gasteiger partial charge in [-0.3, -0.25) is 4.79 Å². The zero-order chi connectivity index (χ0) is 24.2. The largest absolute Gasteiger partial charge is 0.379 e. The third-order valence-corrected chi connectivity index (χ3v) is 9.41. The Balaban J connectivity index is 1.37. The van der Waals surface area contributed by atoms with Crippen molar-refractivity contribution < 1.29 is 31.1 Å². The number of rotatable bonds is 7. The Morgan fingerprint density at radius 1 is 0.765 bits per heavy atom. The molecule has 4 rings (SSSR count). The van der Waals surface area contributed by atoms with Gasteiger partial charge in [-0.15, -0.1) is 0 Å². The molecule has 0 spiro atoms. The molecule has 184 valence electrons. The van der Waals surface area contributed by atoms with Crippen LogP contribution in [-0.4, -0.2) is 84.0 Å². The number of sulfonamides is 2. The second-order valence-electron chi connectivity index (χ2n) is 7.96. The number of nitrogens with zero attached hydrogens (tertiary/aromatic N) is 2. The molecule has 0 aromatic heterocycles. The number of morpholine rings is 2. The van der Waals surface area contributed by atoms with E-state index in [0.717, 1.165) is 0 Å². The highest BCUT2D eigenvalue weighted by Crippen LogP contribution is 2.20. The molecule has 2 aliphatic rings. The molecule has 0 unspecified atom stereocenters. The van der Waals surface area contributed by atoms with E-state index in [1.54, 1.807) is 24.3 Å². The molecular formula is C22H27N3O7S2. The van der Waals surface area contributed by atoms with Gasteiger partial charge in [0.05, 0.1) is 37.1 Å². The second-order valence-corrected chi connectivity index (χ2v) is 11.9. The lowest BCUT2D eigenvalue weighted by molar-refractivity contribution is 0.0729. The molecule has 0 radical (unpaired) electrons. The molecule has 0 saturated carbocycles. The van der Waals surface area contributed by atoms with Crippen molar-refractivity contribution >= 4 is 31.6 Å². The van der Waals surface area contributed by atoms with E-state index in [0.29, 0.717) is 69.4 Å². The van der Waals surface area contributed by atoms with Crippen molar-refractivity contribution in [3.8, 4) is 0 Å². The minimum atomic E-state index is -3.61. The topological polar surface area (TPSA) is 122 Å². The molecule has 0 bridgehead atoms. The average Bonchev–Trinajstić information content (AvgIpc) is 2.86. The van der Waals surface area contributed by atoms with Gasteiger partial charge < -0.3 is 14.8 Å². The first-order valence-corrected chi connectivity index (χ1v) is 13.9. The van der Waals surface area contributed by atoms with Crippen LogP contribution in [0, 0.1) is 0 Å². The predicted octanol–water partition coefficient (Wildman–Crippen LogP) is 1.12. The lowest BCUT2D eigenvalue weighted by Crippen LogP contribution is -2.41. The number of benzene rings is 2. The number of nitrogens with one attached hydrogen (secondary N) is 1. The standard InChI is InChI=1S/C22H27N3O7S2/c26-22(19-3-1-18(2-4-19)17-33(27,28)24-9-13-31-14-10-24)23-20-5-7-21(8-6-20)34(29,30)25-11-15-32-16-12-25/h1-8H,9-17H2,(H,23,26). The lowest BCUT2D eigenvalue weighted by Gasteiger charge is -2.26. The monoisotopic (exact) mass is 509 g/mol. The van der Waals surface area contributed by atoms with Gasteiger partial charge in [0.2, 0.25) is 20.0 Å². The molecule has 2 fully saturated rings. The Morgan fingerprint density at radius 3 is 1.85 bits per heavy atom. The van der Waals surface area contributed by atoms with E-state index in [1.807, 2.05) is 0 Å². The van der Waals surface area contributed by atoms with E-state index < -0.39 is 20.0 Å². The molecule has 0 atom stereocenters. The first-order valence-electron chi connectivity index (χ1n) is 10.9. The average molecular weight is 510 g/mol. The van der Waals surface area contributed by atoms with Gasteiger partial charge in [0.15, 0.2) is 0 Å². The Kier molecular flexibility index (Phi) is 7.65. The molecule has 2 aromatic rings. The highest BCUT2D eigenvalue weighted by Gasteiger charge is 2.26. The van der Waals surface area contributed by atoms with E-state index in [2.05, 4.69) is 5.32 Å². The van der Waals surface area contributed by atoms with Crippen LogP contribution in [0.4, 0.5) is 5.69 Å². The summed E-state index contributed by atoms with van der Waals surface area (Å²) in [7, 11) is -7.06. The predicted molar refractivity (Wildman–Crippen MR) is 125 cm³/mol. The van der Waals surface area contributed by atoms with E-state index in [1.165, 1.54) is 32.9 Å². The Bertz CT molecular complexity index is 1200. The number of anilines is 1. The minimum absolute atomic E-state index is 0.145. The highest BCUT2D eigenvalue weighted by atomic mass is 32.2. The van der Waals surface area contributed by atoms with Crippen molar-refractivity contribution in [3.63, 3.8) is 0 Å². The lowest BCUT2D eigenvalue weighted by atomic mass is 10.1. The quantitative estimate of drug-likeness (QED) is 0.594. The number of carbonyl (C=O) groups excluding carboxylic acids is 1. The van der Waals surface area contributed by atoms with Crippen LogP contribution in [0.25, 0.3) is 0 Å². The molecule has 2 saturated heterocycles. The molecule has 0 aliphatic carbocycles. The summed E-state index contributed by atoms with van der Waals surface area (Å²) in [4.78, 5) is 12.7. The van der Waals surface area contributed by atoms with Gasteiger partial charge in [-0.1, -0.05) is 12.1 Å². The third kappa shape index (κ3) is 5.82. The first kappa shape index (κ1) is 24.8. The van der Waals surface area contributed by atoms with E-state index in [4.69, 9.17) is 9.47 Å². The highest BCUT2D eigenvalue weighted by molar-refractivity contribution is 7.89. The van der Waals surface area contributed by atoms with Crippen LogP contribution in [0.15, 0.2) is 53.4 Å². The minimum Gasteiger partial charge on any atom is -0.379 e. The van der Waals surface area contributed by atoms with E-state index in [-0.39, 0.29) is 16.6 Å². The number of hydrogen-bond donors (Lipinski definition) is 1. The number of carbonyl (C=O) groups is 1. The van der Waals surface area contributed by atoms with Gasteiger partial charge in [0, 0.05) is 37.4 Å². The van der Waals surface area contributed by atoms with Gasteiger partial charge in [0.1, 0.15) is 0 Å². The Labute approximate surface area is 199 Å². The van der Waals surface area contributed by atoms with Gasteiger partial charge in [0.25, 0.3) is 5.91 Å².